The molecule has 1 aromatic carbocycles. The van der Waals surface area contributed by atoms with Crippen LogP contribution in [0.5, 0.6) is 0 Å². The molecule has 1 aliphatic rings. The molecule has 1 unspecified atom stereocenters. The highest BCUT2D eigenvalue weighted by Crippen LogP contribution is 2.39. The second-order valence-electron chi connectivity index (χ2n) is 5.64. The molecular weight excluding hydrogens is 298 g/mol. The van der Waals surface area contributed by atoms with Crippen LogP contribution in [0, 0.1) is 0 Å². The Morgan fingerprint density at radius 3 is 2.82 bits per heavy atom. The van der Waals surface area contributed by atoms with Gasteiger partial charge >= 0.3 is 0 Å². The molecule has 0 aliphatic heterocycles. The van der Waals surface area contributed by atoms with E-state index in [-0.39, 0.29) is 0 Å². The van der Waals surface area contributed by atoms with Crippen LogP contribution < -0.4 is 0 Å². The standard InChI is InChI=1S/C16H21N3O2S/c1-19-15(13-7-8-13)17-18-16(19)22-11-14(20)10-21-9-12-5-3-2-4-6-12/h2-6,13-14,20H,7-11H2,1H3. The van der Waals surface area contributed by atoms with Gasteiger partial charge in [-0.15, -0.1) is 10.2 Å². The van der Waals surface area contributed by atoms with Gasteiger partial charge in [0, 0.05) is 18.7 Å². The second kappa shape index (κ2) is 7.26. The van der Waals surface area contributed by atoms with E-state index in [9.17, 15) is 5.11 Å². The summed E-state index contributed by atoms with van der Waals surface area (Å²) < 4.78 is 7.59. The number of hydrogen-bond donors (Lipinski definition) is 1. The maximum Gasteiger partial charge on any atom is 0.191 e. The predicted octanol–water partition coefficient (Wildman–Crippen LogP) is 2.36. The molecule has 0 bridgehead atoms. The zero-order valence-electron chi connectivity index (χ0n) is 12.7. The van der Waals surface area contributed by atoms with Gasteiger partial charge in [-0.05, 0) is 18.4 Å². The number of hydrogen-bond acceptors (Lipinski definition) is 5. The molecule has 1 fully saturated rings. The van der Waals surface area contributed by atoms with Crippen LogP contribution in [0.15, 0.2) is 35.5 Å². The average molecular weight is 319 g/mol. The Morgan fingerprint density at radius 1 is 1.32 bits per heavy atom. The fraction of sp³-hybridized carbons (Fsp3) is 0.500. The van der Waals surface area contributed by atoms with Gasteiger partial charge in [0.25, 0.3) is 0 Å². The fourth-order valence-corrected chi connectivity index (χ4v) is 3.08. The van der Waals surface area contributed by atoms with Crippen LogP contribution in [0.25, 0.3) is 0 Å². The molecular formula is C16H21N3O2S. The highest BCUT2D eigenvalue weighted by molar-refractivity contribution is 7.99. The monoisotopic (exact) mass is 319 g/mol. The van der Waals surface area contributed by atoms with E-state index < -0.39 is 6.10 Å². The normalized spacial score (nSPS) is 15.9. The number of ether oxygens (including phenoxy) is 1. The Labute approximate surface area is 134 Å². The van der Waals surface area contributed by atoms with Crippen LogP contribution in [-0.2, 0) is 18.4 Å². The van der Waals surface area contributed by atoms with Crippen LogP contribution in [0.2, 0.25) is 0 Å². The minimum Gasteiger partial charge on any atom is -0.390 e. The first-order valence-corrected chi connectivity index (χ1v) is 8.54. The van der Waals surface area contributed by atoms with Crippen LogP contribution >= 0.6 is 11.8 Å². The van der Waals surface area contributed by atoms with Crippen molar-refractivity contribution in [3.63, 3.8) is 0 Å². The van der Waals surface area contributed by atoms with Crippen LogP contribution in [0.1, 0.15) is 30.1 Å². The SMILES string of the molecule is Cn1c(SCC(O)COCc2ccccc2)nnc1C1CC1. The number of aliphatic hydroxyl groups excluding tert-OH is 1. The van der Waals surface area contributed by atoms with Crippen molar-refractivity contribution in [3.8, 4) is 0 Å². The molecule has 0 saturated heterocycles. The maximum absolute atomic E-state index is 10.0. The smallest absolute Gasteiger partial charge is 0.191 e. The molecule has 0 radical (unpaired) electrons. The molecule has 1 atom stereocenters. The van der Waals surface area contributed by atoms with Crippen molar-refractivity contribution in [1.29, 1.82) is 0 Å². The van der Waals surface area contributed by atoms with Gasteiger partial charge in [-0.2, -0.15) is 0 Å². The Hall–Kier alpha value is -1.37. The zero-order chi connectivity index (χ0) is 15.4. The number of thioether (sulfide) groups is 1. The van der Waals surface area contributed by atoms with Gasteiger partial charge in [-0.25, -0.2) is 0 Å². The van der Waals surface area contributed by atoms with Gasteiger partial charge in [-0.3, -0.25) is 0 Å². The van der Waals surface area contributed by atoms with Crippen LogP contribution in [0.3, 0.4) is 0 Å². The van der Waals surface area contributed by atoms with E-state index in [0.29, 0.717) is 24.9 Å². The largest absolute Gasteiger partial charge is 0.390 e. The first kappa shape index (κ1) is 15.5. The molecule has 0 spiro atoms. The lowest BCUT2D eigenvalue weighted by Crippen LogP contribution is -2.18. The van der Waals surface area contributed by atoms with Crippen molar-refractivity contribution in [2.24, 2.45) is 7.05 Å². The van der Waals surface area contributed by atoms with E-state index in [0.717, 1.165) is 16.5 Å². The summed E-state index contributed by atoms with van der Waals surface area (Å²) >= 11 is 1.53. The summed E-state index contributed by atoms with van der Waals surface area (Å²) in [6.07, 6.45) is 1.92. The molecule has 22 heavy (non-hydrogen) atoms. The average Bonchev–Trinajstić information content (AvgIpc) is 3.30. The number of benzene rings is 1. The second-order valence-corrected chi connectivity index (χ2v) is 6.63. The van der Waals surface area contributed by atoms with Crippen molar-refractivity contribution in [3.05, 3.63) is 41.7 Å². The molecule has 1 saturated carbocycles. The lowest BCUT2D eigenvalue weighted by Gasteiger charge is -2.11. The molecule has 2 aromatic rings. The van der Waals surface area contributed by atoms with Gasteiger partial charge in [0.2, 0.25) is 0 Å². The van der Waals surface area contributed by atoms with Gasteiger partial charge in [0.15, 0.2) is 5.16 Å². The topological polar surface area (TPSA) is 60.2 Å². The molecule has 1 aromatic heterocycles. The first-order chi connectivity index (χ1) is 10.7. The number of rotatable bonds is 8. The molecule has 118 valence electrons. The lowest BCUT2D eigenvalue weighted by atomic mass is 10.2. The summed E-state index contributed by atoms with van der Waals surface area (Å²) in [7, 11) is 1.99. The molecule has 1 heterocycles. The van der Waals surface area contributed by atoms with Crippen LogP contribution in [0.4, 0.5) is 0 Å². The third-order valence-corrected chi connectivity index (χ3v) is 4.80. The highest BCUT2D eigenvalue weighted by Gasteiger charge is 2.29. The van der Waals surface area contributed by atoms with E-state index >= 15 is 0 Å². The van der Waals surface area contributed by atoms with Gasteiger partial charge in [-0.1, -0.05) is 42.1 Å². The molecule has 6 heteroatoms. The van der Waals surface area contributed by atoms with E-state index in [4.69, 9.17) is 4.74 Å². The summed E-state index contributed by atoms with van der Waals surface area (Å²) in [4.78, 5) is 0. The predicted molar refractivity (Wildman–Crippen MR) is 85.8 cm³/mol. The molecule has 1 aliphatic carbocycles. The molecule has 5 nitrogen and oxygen atoms in total. The summed E-state index contributed by atoms with van der Waals surface area (Å²) in [5.74, 6) is 2.22. The Kier molecular flexibility index (Phi) is 5.12. The van der Waals surface area contributed by atoms with Crippen molar-refractivity contribution >= 4 is 11.8 Å². The Morgan fingerprint density at radius 2 is 2.09 bits per heavy atom. The van der Waals surface area contributed by atoms with E-state index in [1.807, 2.05) is 41.9 Å². The van der Waals surface area contributed by atoms with Crippen LogP contribution in [-0.4, -0.2) is 38.3 Å². The summed E-state index contributed by atoms with van der Waals surface area (Å²) in [5.41, 5.74) is 1.12. The first-order valence-electron chi connectivity index (χ1n) is 7.56. The minimum atomic E-state index is -0.505. The van der Waals surface area contributed by atoms with Crippen molar-refractivity contribution in [1.82, 2.24) is 14.8 Å². The Bertz CT molecular complexity index is 599. The third kappa shape index (κ3) is 4.09. The number of aliphatic hydroxyl groups is 1. The summed E-state index contributed by atoms with van der Waals surface area (Å²) in [6, 6.07) is 9.97. The van der Waals surface area contributed by atoms with E-state index in [2.05, 4.69) is 10.2 Å². The third-order valence-electron chi connectivity index (χ3n) is 3.64. The maximum atomic E-state index is 10.0. The zero-order valence-corrected chi connectivity index (χ0v) is 13.5. The quantitative estimate of drug-likeness (QED) is 0.757. The van der Waals surface area contributed by atoms with Gasteiger partial charge in [0.05, 0.1) is 19.3 Å². The molecule has 0 amide bonds. The van der Waals surface area contributed by atoms with Crippen molar-refractivity contribution in [2.45, 2.75) is 36.6 Å². The Balaban J connectivity index is 1.39. The highest BCUT2D eigenvalue weighted by atomic mass is 32.2. The minimum absolute atomic E-state index is 0.329. The lowest BCUT2D eigenvalue weighted by molar-refractivity contribution is 0.0397. The van der Waals surface area contributed by atoms with Gasteiger partial charge in [0.1, 0.15) is 5.82 Å². The molecule has 1 N–H and O–H groups in total. The summed E-state index contributed by atoms with van der Waals surface area (Å²) in [5, 5.41) is 19.3. The van der Waals surface area contributed by atoms with Crippen molar-refractivity contribution < 1.29 is 9.84 Å². The van der Waals surface area contributed by atoms with Crippen molar-refractivity contribution in [2.75, 3.05) is 12.4 Å². The summed E-state index contributed by atoms with van der Waals surface area (Å²) in [6.45, 7) is 0.855. The molecule has 3 rings (SSSR count). The van der Waals surface area contributed by atoms with Gasteiger partial charge < -0.3 is 14.4 Å². The number of aromatic nitrogens is 3. The fourth-order valence-electron chi connectivity index (χ4n) is 2.25. The van der Waals surface area contributed by atoms with E-state index in [1.54, 1.807) is 0 Å². The van der Waals surface area contributed by atoms with E-state index in [1.165, 1.54) is 24.6 Å². The number of nitrogens with zero attached hydrogens (tertiary/aromatic N) is 3.